The Bertz CT molecular complexity index is 765. The summed E-state index contributed by atoms with van der Waals surface area (Å²) >= 11 is 0. The molecular weight excluding hydrogens is 274 g/mol. The number of esters is 1. The Morgan fingerprint density at radius 1 is 1.18 bits per heavy atom. The van der Waals surface area contributed by atoms with Crippen molar-refractivity contribution in [2.75, 3.05) is 5.73 Å². The zero-order chi connectivity index (χ0) is 15.1. The second kappa shape index (κ2) is 5.16. The summed E-state index contributed by atoms with van der Waals surface area (Å²) in [5.74, 6) is 2.19. The molecule has 0 aliphatic heterocycles. The van der Waals surface area contributed by atoms with Crippen molar-refractivity contribution in [2.45, 2.75) is 19.3 Å². The molecule has 3 nitrogen and oxygen atoms in total. The van der Waals surface area contributed by atoms with Crippen LogP contribution in [0, 0.1) is 17.8 Å². The number of benzene rings is 2. The van der Waals surface area contributed by atoms with E-state index in [0.717, 1.165) is 22.9 Å². The summed E-state index contributed by atoms with van der Waals surface area (Å²) in [5.41, 5.74) is 6.68. The first-order chi connectivity index (χ1) is 10.7. The van der Waals surface area contributed by atoms with Crippen LogP contribution in [0.25, 0.3) is 10.8 Å². The fraction of sp³-hybridized carbons (Fsp3) is 0.316. The third-order valence-electron chi connectivity index (χ3n) is 4.96. The van der Waals surface area contributed by atoms with Crippen molar-refractivity contribution in [3.8, 4) is 5.75 Å². The maximum Gasteiger partial charge on any atom is 0.311 e. The molecule has 2 aliphatic rings. The first kappa shape index (κ1) is 13.4. The van der Waals surface area contributed by atoms with Crippen molar-refractivity contribution in [2.24, 2.45) is 17.8 Å². The molecule has 1 saturated carbocycles. The highest BCUT2D eigenvalue weighted by Gasteiger charge is 2.36. The zero-order valence-corrected chi connectivity index (χ0v) is 12.4. The van der Waals surface area contributed by atoms with Gasteiger partial charge in [0.2, 0.25) is 0 Å². The molecule has 3 heteroatoms. The molecule has 22 heavy (non-hydrogen) atoms. The van der Waals surface area contributed by atoms with E-state index in [9.17, 15) is 4.79 Å². The Morgan fingerprint density at radius 3 is 2.86 bits per heavy atom. The molecule has 0 radical (unpaired) electrons. The number of hydrogen-bond donors (Lipinski definition) is 1. The largest absolute Gasteiger partial charge is 0.426 e. The van der Waals surface area contributed by atoms with Gasteiger partial charge in [0.05, 0.1) is 0 Å². The maximum atomic E-state index is 12.2. The Morgan fingerprint density at radius 2 is 2.09 bits per heavy atom. The van der Waals surface area contributed by atoms with Crippen LogP contribution in [0.15, 0.2) is 48.6 Å². The van der Waals surface area contributed by atoms with Crippen LogP contribution in [-0.2, 0) is 4.79 Å². The van der Waals surface area contributed by atoms with Crippen molar-refractivity contribution in [1.82, 2.24) is 0 Å². The molecule has 2 aromatic carbocycles. The average molecular weight is 293 g/mol. The summed E-state index contributed by atoms with van der Waals surface area (Å²) in [6.07, 6.45) is 7.42. The summed E-state index contributed by atoms with van der Waals surface area (Å²) < 4.78 is 5.53. The van der Waals surface area contributed by atoms with Gasteiger partial charge in [-0.05, 0) is 60.2 Å². The lowest BCUT2D eigenvalue weighted by molar-refractivity contribution is -0.135. The number of rotatable bonds is 3. The van der Waals surface area contributed by atoms with Crippen LogP contribution in [-0.4, -0.2) is 5.97 Å². The summed E-state index contributed by atoms with van der Waals surface area (Å²) in [6, 6.07) is 11.4. The monoisotopic (exact) mass is 293 g/mol. The van der Waals surface area contributed by atoms with E-state index in [-0.39, 0.29) is 5.97 Å². The molecule has 4 rings (SSSR count). The average Bonchev–Trinajstić information content (AvgIpc) is 3.10. The van der Waals surface area contributed by atoms with Gasteiger partial charge in [-0.2, -0.15) is 0 Å². The molecule has 112 valence electrons. The molecule has 3 atom stereocenters. The van der Waals surface area contributed by atoms with Gasteiger partial charge in [-0.15, -0.1) is 0 Å². The molecule has 2 bridgehead atoms. The van der Waals surface area contributed by atoms with Gasteiger partial charge >= 0.3 is 5.97 Å². The van der Waals surface area contributed by atoms with Crippen LogP contribution >= 0.6 is 0 Å². The molecule has 2 N–H and O–H groups in total. The molecule has 1 fully saturated rings. The normalized spacial score (nSPS) is 25.7. The van der Waals surface area contributed by atoms with Crippen molar-refractivity contribution >= 4 is 22.4 Å². The number of ether oxygens (including phenoxy) is 1. The smallest absolute Gasteiger partial charge is 0.311 e. The lowest BCUT2D eigenvalue weighted by Gasteiger charge is -2.16. The molecule has 0 spiro atoms. The fourth-order valence-electron chi connectivity index (χ4n) is 3.87. The van der Waals surface area contributed by atoms with Crippen LogP contribution in [0.4, 0.5) is 5.69 Å². The van der Waals surface area contributed by atoms with Crippen molar-refractivity contribution in [3.63, 3.8) is 0 Å². The SMILES string of the molecule is Nc1cccc2cc(OC(=O)CC3CC4C=CC3C4)ccc12. The van der Waals surface area contributed by atoms with Gasteiger partial charge in [0.15, 0.2) is 0 Å². The molecule has 2 aromatic rings. The van der Waals surface area contributed by atoms with Gasteiger partial charge in [-0.25, -0.2) is 0 Å². The predicted molar refractivity (Wildman–Crippen MR) is 87.5 cm³/mol. The number of anilines is 1. The molecule has 0 saturated heterocycles. The Kier molecular flexibility index (Phi) is 3.14. The third kappa shape index (κ3) is 2.37. The van der Waals surface area contributed by atoms with Gasteiger partial charge in [0.25, 0.3) is 0 Å². The summed E-state index contributed by atoms with van der Waals surface area (Å²) in [6.45, 7) is 0. The number of fused-ring (bicyclic) bond motifs is 3. The Balaban J connectivity index is 1.46. The lowest BCUT2D eigenvalue weighted by Crippen LogP contribution is -2.17. The highest BCUT2D eigenvalue weighted by Crippen LogP contribution is 2.45. The fourth-order valence-corrected chi connectivity index (χ4v) is 3.87. The Hall–Kier alpha value is -2.29. The first-order valence-electron chi connectivity index (χ1n) is 7.86. The maximum absolute atomic E-state index is 12.2. The summed E-state index contributed by atoms with van der Waals surface area (Å²) in [7, 11) is 0. The minimum Gasteiger partial charge on any atom is -0.426 e. The second-order valence-corrected chi connectivity index (χ2v) is 6.45. The van der Waals surface area contributed by atoms with Crippen molar-refractivity contribution < 1.29 is 9.53 Å². The topological polar surface area (TPSA) is 52.3 Å². The summed E-state index contributed by atoms with van der Waals surface area (Å²) in [5, 5.41) is 1.98. The van der Waals surface area contributed by atoms with Crippen molar-refractivity contribution in [3.05, 3.63) is 48.6 Å². The standard InChI is InChI=1S/C19H19NO2/c20-18-3-1-2-14-10-16(6-7-17(14)18)22-19(21)11-15-9-12-4-5-13(15)8-12/h1-7,10,12-13,15H,8-9,11,20H2. The van der Waals surface area contributed by atoms with E-state index in [1.165, 1.54) is 6.42 Å². The van der Waals surface area contributed by atoms with Crippen LogP contribution in [0.5, 0.6) is 5.75 Å². The predicted octanol–water partition coefficient (Wildman–Crippen LogP) is 3.93. The number of nitrogen functional groups attached to an aromatic ring is 1. The van der Waals surface area contributed by atoms with E-state index < -0.39 is 0 Å². The molecular formula is C19H19NO2. The number of allylic oxidation sites excluding steroid dienone is 2. The quantitative estimate of drug-likeness (QED) is 0.404. The van der Waals surface area contributed by atoms with E-state index in [1.807, 2.05) is 36.4 Å². The minimum absolute atomic E-state index is 0.130. The van der Waals surface area contributed by atoms with E-state index >= 15 is 0 Å². The molecule has 0 heterocycles. The highest BCUT2D eigenvalue weighted by molar-refractivity contribution is 5.93. The molecule has 2 aliphatic carbocycles. The summed E-state index contributed by atoms with van der Waals surface area (Å²) in [4.78, 5) is 12.2. The van der Waals surface area contributed by atoms with Crippen LogP contribution in [0.3, 0.4) is 0 Å². The zero-order valence-electron chi connectivity index (χ0n) is 12.4. The van der Waals surface area contributed by atoms with Gasteiger partial charge in [0, 0.05) is 17.5 Å². The van der Waals surface area contributed by atoms with Crippen LogP contribution < -0.4 is 10.5 Å². The number of nitrogens with two attached hydrogens (primary N) is 1. The van der Waals surface area contributed by atoms with E-state index in [4.69, 9.17) is 10.5 Å². The highest BCUT2D eigenvalue weighted by atomic mass is 16.5. The number of carbonyl (C=O) groups is 1. The van der Waals surface area contributed by atoms with Gasteiger partial charge < -0.3 is 10.5 Å². The first-order valence-corrected chi connectivity index (χ1v) is 7.86. The van der Waals surface area contributed by atoms with Gasteiger partial charge in [-0.1, -0.05) is 24.3 Å². The van der Waals surface area contributed by atoms with Gasteiger partial charge in [0.1, 0.15) is 5.75 Å². The number of carbonyl (C=O) groups excluding carboxylic acids is 1. The minimum atomic E-state index is -0.130. The molecule has 0 aromatic heterocycles. The lowest BCUT2D eigenvalue weighted by atomic mass is 9.91. The van der Waals surface area contributed by atoms with E-state index in [0.29, 0.717) is 29.9 Å². The third-order valence-corrected chi connectivity index (χ3v) is 4.96. The molecule has 0 amide bonds. The van der Waals surface area contributed by atoms with Crippen LogP contribution in [0.1, 0.15) is 19.3 Å². The van der Waals surface area contributed by atoms with E-state index in [2.05, 4.69) is 12.2 Å². The van der Waals surface area contributed by atoms with Gasteiger partial charge in [-0.3, -0.25) is 4.79 Å². The molecule has 3 unspecified atom stereocenters. The van der Waals surface area contributed by atoms with E-state index in [1.54, 1.807) is 0 Å². The number of hydrogen-bond acceptors (Lipinski definition) is 3. The van der Waals surface area contributed by atoms with Crippen LogP contribution in [0.2, 0.25) is 0 Å². The second-order valence-electron chi connectivity index (χ2n) is 6.45. The van der Waals surface area contributed by atoms with Crippen molar-refractivity contribution in [1.29, 1.82) is 0 Å². The Labute approximate surface area is 129 Å².